The second-order valence-corrected chi connectivity index (χ2v) is 1.83. The Hall–Kier alpha value is -0.0600. The molecule has 0 radical (unpaired) electrons. The number of carboxylic acid groups (broad SMARTS) is 1. The van der Waals surface area contributed by atoms with Gasteiger partial charge in [0.15, 0.2) is 0 Å². The van der Waals surface area contributed by atoms with Crippen molar-refractivity contribution in [1.82, 2.24) is 0 Å². The first-order chi connectivity index (χ1) is 4.66. The van der Waals surface area contributed by atoms with Crippen molar-refractivity contribution in [3.8, 4) is 0 Å². The molecule has 0 atom stereocenters. The van der Waals surface area contributed by atoms with E-state index in [-0.39, 0.29) is 36.0 Å². The SMILES string of the molecule is CCCCC(=O)OC(=O)[O-].[Na+]. The third kappa shape index (κ3) is 9.94. The summed E-state index contributed by atoms with van der Waals surface area (Å²) in [5.74, 6) is -0.734. The van der Waals surface area contributed by atoms with Crippen molar-refractivity contribution in [3.05, 3.63) is 0 Å². The molecular weight excluding hydrogens is 159 g/mol. The summed E-state index contributed by atoms with van der Waals surface area (Å²) in [6.07, 6.45) is -0.153. The molecule has 0 saturated carbocycles. The molecule has 0 fully saturated rings. The smallest absolute Gasteiger partial charge is 0.484 e. The molecule has 0 bridgehead atoms. The molecular formula is C6H9NaO4. The predicted octanol–water partition coefficient (Wildman–Crippen LogP) is -2.93. The van der Waals surface area contributed by atoms with Crippen LogP contribution in [-0.2, 0) is 9.53 Å². The van der Waals surface area contributed by atoms with Gasteiger partial charge in [0.2, 0.25) is 5.97 Å². The van der Waals surface area contributed by atoms with Gasteiger partial charge in [-0.25, -0.2) is 0 Å². The van der Waals surface area contributed by atoms with Crippen molar-refractivity contribution < 1.29 is 49.0 Å². The number of hydrogen-bond donors (Lipinski definition) is 0. The van der Waals surface area contributed by atoms with E-state index in [9.17, 15) is 14.7 Å². The first-order valence-electron chi connectivity index (χ1n) is 3.08. The Balaban J connectivity index is 0. The molecule has 0 aliphatic rings. The van der Waals surface area contributed by atoms with E-state index in [1.807, 2.05) is 6.92 Å². The number of ether oxygens (including phenoxy) is 1. The van der Waals surface area contributed by atoms with Gasteiger partial charge in [-0.2, -0.15) is 0 Å². The Labute approximate surface area is 87.2 Å². The summed E-state index contributed by atoms with van der Waals surface area (Å²) in [5.41, 5.74) is 0. The molecule has 0 spiro atoms. The third-order valence-corrected chi connectivity index (χ3v) is 0.932. The normalized spacial score (nSPS) is 8.09. The molecule has 5 heteroatoms. The number of hydrogen-bond acceptors (Lipinski definition) is 4. The van der Waals surface area contributed by atoms with Gasteiger partial charge in [-0.05, 0) is 6.42 Å². The van der Waals surface area contributed by atoms with Crippen molar-refractivity contribution in [3.63, 3.8) is 0 Å². The molecule has 11 heavy (non-hydrogen) atoms. The zero-order valence-corrected chi connectivity index (χ0v) is 8.75. The van der Waals surface area contributed by atoms with Crippen LogP contribution in [0.1, 0.15) is 26.2 Å². The van der Waals surface area contributed by atoms with Crippen LogP contribution in [0.4, 0.5) is 4.79 Å². The zero-order chi connectivity index (χ0) is 7.98. The van der Waals surface area contributed by atoms with E-state index in [0.717, 1.165) is 6.42 Å². The maximum absolute atomic E-state index is 10.4. The van der Waals surface area contributed by atoms with Crippen LogP contribution in [-0.4, -0.2) is 12.1 Å². The summed E-state index contributed by atoms with van der Waals surface area (Å²) in [5, 5.41) is 9.62. The molecule has 0 aliphatic heterocycles. The molecule has 0 aromatic heterocycles. The van der Waals surface area contributed by atoms with Crippen molar-refractivity contribution in [2.75, 3.05) is 0 Å². The Kier molecular flexibility index (Phi) is 9.89. The summed E-state index contributed by atoms with van der Waals surface area (Å²) < 4.78 is 3.72. The standard InChI is InChI=1S/C6H10O4.Na/c1-2-3-4-5(7)10-6(8)9;/h2-4H2,1H3,(H,8,9);/q;+1/p-1. The van der Waals surface area contributed by atoms with Gasteiger partial charge in [-0.1, -0.05) is 13.3 Å². The zero-order valence-electron chi connectivity index (χ0n) is 6.75. The summed E-state index contributed by atoms with van der Waals surface area (Å²) in [6, 6.07) is 0. The van der Waals surface area contributed by atoms with Crippen LogP contribution in [0.5, 0.6) is 0 Å². The molecule has 0 aliphatic carbocycles. The Morgan fingerprint density at radius 2 is 2.00 bits per heavy atom. The molecule has 0 saturated heterocycles. The average molecular weight is 168 g/mol. The van der Waals surface area contributed by atoms with Crippen LogP contribution in [0, 0.1) is 0 Å². The summed E-state index contributed by atoms with van der Waals surface area (Å²) in [7, 11) is 0. The first kappa shape index (κ1) is 13.5. The maximum atomic E-state index is 10.4. The van der Waals surface area contributed by atoms with Crippen molar-refractivity contribution >= 4 is 12.1 Å². The van der Waals surface area contributed by atoms with Crippen LogP contribution in [0.2, 0.25) is 0 Å². The monoisotopic (exact) mass is 168 g/mol. The van der Waals surface area contributed by atoms with Crippen LogP contribution in [0.3, 0.4) is 0 Å². The van der Waals surface area contributed by atoms with Crippen molar-refractivity contribution in [2.24, 2.45) is 0 Å². The van der Waals surface area contributed by atoms with Crippen molar-refractivity contribution in [1.29, 1.82) is 0 Å². The van der Waals surface area contributed by atoms with Gasteiger partial charge in [0.05, 0.1) is 0 Å². The number of carbonyl (C=O) groups is 2. The van der Waals surface area contributed by atoms with E-state index < -0.39 is 12.1 Å². The maximum Gasteiger partial charge on any atom is 1.00 e. The number of carbonyl (C=O) groups excluding carboxylic acids is 2. The van der Waals surface area contributed by atoms with E-state index in [2.05, 4.69) is 4.74 Å². The molecule has 0 unspecified atom stereocenters. The third-order valence-electron chi connectivity index (χ3n) is 0.932. The minimum atomic E-state index is -1.78. The Morgan fingerprint density at radius 1 is 1.45 bits per heavy atom. The second kappa shape index (κ2) is 8.04. The van der Waals surface area contributed by atoms with Crippen LogP contribution >= 0.6 is 0 Å². The molecule has 0 aromatic carbocycles. The number of unbranched alkanes of at least 4 members (excludes halogenated alkanes) is 1. The molecule has 0 rings (SSSR count). The fourth-order valence-electron chi connectivity index (χ4n) is 0.465. The van der Waals surface area contributed by atoms with Crippen LogP contribution < -0.4 is 34.7 Å². The largest absolute Gasteiger partial charge is 1.00 e. The van der Waals surface area contributed by atoms with Crippen LogP contribution in [0.15, 0.2) is 0 Å². The van der Waals surface area contributed by atoms with E-state index in [0.29, 0.717) is 6.42 Å². The molecule has 0 heterocycles. The minimum Gasteiger partial charge on any atom is -0.484 e. The number of rotatable bonds is 3. The summed E-state index contributed by atoms with van der Waals surface area (Å²) in [6.45, 7) is 1.90. The van der Waals surface area contributed by atoms with Gasteiger partial charge in [-0.3, -0.25) is 4.79 Å². The molecule has 0 aromatic rings. The fourth-order valence-corrected chi connectivity index (χ4v) is 0.465. The van der Waals surface area contributed by atoms with Gasteiger partial charge in [0, 0.05) is 6.42 Å². The van der Waals surface area contributed by atoms with Crippen molar-refractivity contribution in [2.45, 2.75) is 26.2 Å². The fraction of sp³-hybridized carbons (Fsp3) is 0.667. The van der Waals surface area contributed by atoms with Gasteiger partial charge < -0.3 is 14.6 Å². The van der Waals surface area contributed by atoms with Gasteiger partial charge in [0.1, 0.15) is 0 Å². The Bertz CT molecular complexity index is 135. The average Bonchev–Trinajstić information content (AvgIpc) is 1.82. The summed E-state index contributed by atoms with van der Waals surface area (Å²) >= 11 is 0. The van der Waals surface area contributed by atoms with Gasteiger partial charge in [-0.15, -0.1) is 0 Å². The van der Waals surface area contributed by atoms with E-state index >= 15 is 0 Å². The Morgan fingerprint density at radius 3 is 2.36 bits per heavy atom. The first-order valence-corrected chi connectivity index (χ1v) is 3.08. The van der Waals surface area contributed by atoms with Crippen LogP contribution in [0.25, 0.3) is 0 Å². The molecule has 0 N–H and O–H groups in total. The topological polar surface area (TPSA) is 66.4 Å². The van der Waals surface area contributed by atoms with Gasteiger partial charge >= 0.3 is 29.6 Å². The molecule has 0 amide bonds. The second-order valence-electron chi connectivity index (χ2n) is 1.83. The summed E-state index contributed by atoms with van der Waals surface area (Å²) in [4.78, 5) is 20.0. The van der Waals surface area contributed by atoms with Gasteiger partial charge in [0.25, 0.3) is 6.16 Å². The van der Waals surface area contributed by atoms with E-state index in [1.165, 1.54) is 0 Å². The molecule has 4 nitrogen and oxygen atoms in total. The van der Waals surface area contributed by atoms with E-state index in [1.54, 1.807) is 0 Å². The molecule has 58 valence electrons. The quantitative estimate of drug-likeness (QED) is 0.257. The van der Waals surface area contributed by atoms with E-state index in [4.69, 9.17) is 0 Å². The number of esters is 1. The predicted molar refractivity (Wildman–Crippen MR) is 31.0 cm³/mol. The minimum absolute atomic E-state index is 0.